The van der Waals surface area contributed by atoms with E-state index in [1.807, 2.05) is 30.3 Å². The second-order valence-electron chi connectivity index (χ2n) is 7.06. The smallest absolute Gasteiger partial charge is 0.246 e. The average molecular weight is 420 g/mol. The van der Waals surface area contributed by atoms with Gasteiger partial charge in [0.2, 0.25) is 21.8 Å². The molecule has 8 nitrogen and oxygen atoms in total. The molecule has 1 aromatic heterocycles. The third kappa shape index (κ3) is 4.87. The van der Waals surface area contributed by atoms with E-state index in [1.54, 1.807) is 0 Å². The Labute approximate surface area is 170 Å². The number of fused-ring (bicyclic) bond motifs is 1. The van der Waals surface area contributed by atoms with E-state index in [2.05, 4.69) is 9.71 Å². The summed E-state index contributed by atoms with van der Waals surface area (Å²) in [5.74, 6) is 0.367. The molecule has 0 aliphatic carbocycles. The topological polar surface area (TPSA) is 96.0 Å². The normalized spacial score (nSPS) is 19.7. The maximum Gasteiger partial charge on any atom is 0.246 e. The second-order valence-corrected chi connectivity index (χ2v) is 8.80. The molecule has 156 valence electrons. The van der Waals surface area contributed by atoms with Gasteiger partial charge >= 0.3 is 0 Å². The van der Waals surface area contributed by atoms with E-state index < -0.39 is 15.6 Å². The Hall–Kier alpha value is -2.20. The van der Waals surface area contributed by atoms with Crippen molar-refractivity contribution < 1.29 is 27.4 Å². The van der Waals surface area contributed by atoms with Crippen LogP contribution in [0.1, 0.15) is 18.4 Å². The molecule has 0 bridgehead atoms. The number of nitrogens with zero attached hydrogens (tertiary/aromatic N) is 1. The highest BCUT2D eigenvalue weighted by Crippen LogP contribution is 2.34. The van der Waals surface area contributed by atoms with Crippen LogP contribution in [0.5, 0.6) is 11.8 Å². The van der Waals surface area contributed by atoms with Crippen molar-refractivity contribution in [2.45, 2.75) is 29.9 Å². The number of benzene rings is 1. The van der Waals surface area contributed by atoms with Crippen molar-refractivity contribution >= 4 is 10.0 Å². The molecule has 0 unspecified atom stereocenters. The van der Waals surface area contributed by atoms with Crippen LogP contribution in [0.15, 0.2) is 47.4 Å². The lowest BCUT2D eigenvalue weighted by Crippen LogP contribution is -2.49. The molecule has 29 heavy (non-hydrogen) atoms. The first-order valence-electron chi connectivity index (χ1n) is 9.58. The Kier molecular flexibility index (Phi) is 6.00. The molecule has 0 amide bonds. The molecule has 1 saturated heterocycles. The van der Waals surface area contributed by atoms with E-state index in [4.69, 9.17) is 18.9 Å². The van der Waals surface area contributed by atoms with Crippen LogP contribution in [0.25, 0.3) is 0 Å². The Morgan fingerprint density at radius 3 is 2.66 bits per heavy atom. The van der Waals surface area contributed by atoms with Gasteiger partial charge in [-0.1, -0.05) is 30.3 Å². The van der Waals surface area contributed by atoms with Crippen molar-refractivity contribution in [1.29, 1.82) is 0 Å². The lowest BCUT2D eigenvalue weighted by atomic mass is 9.94. The fourth-order valence-electron chi connectivity index (χ4n) is 3.31. The fraction of sp³-hybridized carbons (Fsp3) is 0.450. The highest BCUT2D eigenvalue weighted by molar-refractivity contribution is 7.89. The highest BCUT2D eigenvalue weighted by atomic mass is 32.2. The predicted octanol–water partition coefficient (Wildman–Crippen LogP) is 1.90. The summed E-state index contributed by atoms with van der Waals surface area (Å²) in [4.78, 5) is 4.34. The van der Waals surface area contributed by atoms with Crippen molar-refractivity contribution in [2.75, 3.05) is 33.0 Å². The monoisotopic (exact) mass is 420 g/mol. The molecule has 1 aromatic carbocycles. The van der Waals surface area contributed by atoms with Gasteiger partial charge in [0.25, 0.3) is 0 Å². The van der Waals surface area contributed by atoms with Crippen molar-refractivity contribution in [3.63, 3.8) is 0 Å². The van der Waals surface area contributed by atoms with Gasteiger partial charge in [-0.3, -0.25) is 0 Å². The summed E-state index contributed by atoms with van der Waals surface area (Å²) < 4.78 is 50.4. The van der Waals surface area contributed by atoms with Gasteiger partial charge in [-0.2, -0.15) is 4.98 Å². The summed E-state index contributed by atoms with van der Waals surface area (Å²) in [7, 11) is -3.69. The van der Waals surface area contributed by atoms with Crippen LogP contribution < -0.4 is 14.2 Å². The second kappa shape index (κ2) is 8.66. The number of hydrogen-bond donors (Lipinski definition) is 1. The SMILES string of the molecule is O=S1(=O)NCC2(CCOCC2)Oc2nc(OCCOCc3ccccc3)ccc21. The Morgan fingerprint density at radius 2 is 1.86 bits per heavy atom. The first kappa shape index (κ1) is 20.1. The van der Waals surface area contributed by atoms with Crippen LogP contribution in [0.3, 0.4) is 0 Å². The van der Waals surface area contributed by atoms with Gasteiger partial charge in [0, 0.05) is 18.9 Å². The van der Waals surface area contributed by atoms with Crippen molar-refractivity contribution in [2.24, 2.45) is 0 Å². The van der Waals surface area contributed by atoms with E-state index in [0.29, 0.717) is 51.8 Å². The number of hydrogen-bond acceptors (Lipinski definition) is 7. The number of sulfonamides is 1. The van der Waals surface area contributed by atoms with E-state index >= 15 is 0 Å². The maximum atomic E-state index is 12.5. The van der Waals surface area contributed by atoms with E-state index in [9.17, 15) is 8.42 Å². The maximum absolute atomic E-state index is 12.5. The van der Waals surface area contributed by atoms with Gasteiger partial charge in [0.15, 0.2) is 0 Å². The fourth-order valence-corrected chi connectivity index (χ4v) is 4.48. The van der Waals surface area contributed by atoms with Crippen LogP contribution in [0, 0.1) is 0 Å². The van der Waals surface area contributed by atoms with Crippen LogP contribution in [-0.4, -0.2) is 52.0 Å². The van der Waals surface area contributed by atoms with Crippen molar-refractivity contribution in [3.05, 3.63) is 48.0 Å². The average Bonchev–Trinajstić information content (AvgIpc) is 2.83. The third-order valence-electron chi connectivity index (χ3n) is 4.98. The van der Waals surface area contributed by atoms with Gasteiger partial charge in [0.1, 0.15) is 17.1 Å². The zero-order valence-corrected chi connectivity index (χ0v) is 16.8. The third-order valence-corrected chi connectivity index (χ3v) is 6.39. The van der Waals surface area contributed by atoms with Crippen molar-refractivity contribution in [1.82, 2.24) is 9.71 Å². The predicted molar refractivity (Wildman–Crippen MR) is 104 cm³/mol. The van der Waals surface area contributed by atoms with Gasteiger partial charge in [-0.25, -0.2) is 13.1 Å². The number of ether oxygens (including phenoxy) is 4. The first-order chi connectivity index (χ1) is 14.1. The molecule has 2 aliphatic rings. The minimum absolute atomic E-state index is 0.0218. The van der Waals surface area contributed by atoms with E-state index in [-0.39, 0.29) is 17.3 Å². The molecular formula is C20H24N2O6S. The van der Waals surface area contributed by atoms with Crippen LogP contribution in [0.2, 0.25) is 0 Å². The molecule has 1 fully saturated rings. The summed E-state index contributed by atoms with van der Waals surface area (Å²) in [5, 5.41) is 0. The zero-order chi connectivity index (χ0) is 20.2. The Balaban J connectivity index is 1.40. The minimum Gasteiger partial charge on any atom is -0.475 e. The molecule has 2 aromatic rings. The molecule has 1 spiro atoms. The van der Waals surface area contributed by atoms with Crippen LogP contribution >= 0.6 is 0 Å². The molecule has 0 atom stereocenters. The molecule has 2 aliphatic heterocycles. The lowest BCUT2D eigenvalue weighted by Gasteiger charge is -2.35. The summed E-state index contributed by atoms with van der Waals surface area (Å²) in [6.07, 6.45) is 1.18. The molecule has 0 radical (unpaired) electrons. The van der Waals surface area contributed by atoms with Crippen molar-refractivity contribution in [3.8, 4) is 11.8 Å². The summed E-state index contributed by atoms with van der Waals surface area (Å²) in [6.45, 7) is 2.41. The zero-order valence-electron chi connectivity index (χ0n) is 16.0. The largest absolute Gasteiger partial charge is 0.475 e. The molecular weight excluding hydrogens is 396 g/mol. The van der Waals surface area contributed by atoms with E-state index in [1.165, 1.54) is 12.1 Å². The Morgan fingerprint density at radius 1 is 1.07 bits per heavy atom. The molecule has 3 heterocycles. The Bertz CT molecular complexity index is 929. The van der Waals surface area contributed by atoms with Gasteiger partial charge in [-0.15, -0.1) is 0 Å². The molecule has 0 saturated carbocycles. The standard InChI is InChI=1S/C20H24N2O6S/c23-29(24)17-6-7-18(27-13-12-26-14-16-4-2-1-3-5-16)22-19(17)28-20(15-21-29)8-10-25-11-9-20/h1-7,21H,8-15H2. The highest BCUT2D eigenvalue weighted by Gasteiger charge is 2.41. The summed E-state index contributed by atoms with van der Waals surface area (Å²) >= 11 is 0. The van der Waals surface area contributed by atoms with Gasteiger partial charge in [-0.05, 0) is 11.6 Å². The molecule has 4 rings (SSSR count). The van der Waals surface area contributed by atoms with E-state index in [0.717, 1.165) is 5.56 Å². The van der Waals surface area contributed by atoms with Gasteiger partial charge in [0.05, 0.1) is 33.0 Å². The van der Waals surface area contributed by atoms with Crippen LogP contribution in [-0.2, 0) is 26.1 Å². The summed E-state index contributed by atoms with van der Waals surface area (Å²) in [5.41, 5.74) is 0.435. The van der Waals surface area contributed by atoms with Crippen LogP contribution in [0.4, 0.5) is 0 Å². The molecule has 9 heteroatoms. The quantitative estimate of drug-likeness (QED) is 0.713. The summed E-state index contributed by atoms with van der Waals surface area (Å²) in [6, 6.07) is 12.9. The first-order valence-corrected chi connectivity index (χ1v) is 11.1. The van der Waals surface area contributed by atoms with Gasteiger partial charge < -0.3 is 18.9 Å². The number of nitrogens with one attached hydrogen (secondary N) is 1. The molecule has 1 N–H and O–H groups in total. The minimum atomic E-state index is -3.69. The number of rotatable bonds is 6. The lowest BCUT2D eigenvalue weighted by molar-refractivity contribution is -0.0445. The number of aromatic nitrogens is 1. The number of pyridine rings is 1.